The largest absolute Gasteiger partial charge is 0.366 e. The third kappa shape index (κ3) is 3.46. The number of sulfone groups is 1. The lowest BCUT2D eigenvalue weighted by Crippen LogP contribution is -2.27. The molecule has 4 rings (SSSR count). The highest BCUT2D eigenvalue weighted by Gasteiger charge is 2.28. The molecular formula is C18H22N4O2S. The van der Waals surface area contributed by atoms with Gasteiger partial charge in [-0.1, -0.05) is 18.2 Å². The number of nitrogens with one attached hydrogen (secondary N) is 1. The fraction of sp³-hybridized carbons (Fsp3) is 0.444. The zero-order valence-corrected chi connectivity index (χ0v) is 15.1. The van der Waals surface area contributed by atoms with E-state index in [9.17, 15) is 8.42 Å². The van der Waals surface area contributed by atoms with Gasteiger partial charge in [0.05, 0.1) is 11.5 Å². The summed E-state index contributed by atoms with van der Waals surface area (Å²) < 4.78 is 23.3. The van der Waals surface area contributed by atoms with Gasteiger partial charge in [-0.25, -0.2) is 13.4 Å². The van der Waals surface area contributed by atoms with Gasteiger partial charge in [0.1, 0.15) is 5.82 Å². The molecule has 0 bridgehead atoms. The van der Waals surface area contributed by atoms with Crippen molar-refractivity contribution < 1.29 is 8.42 Å². The number of rotatable bonds is 3. The number of aromatic nitrogens is 2. The van der Waals surface area contributed by atoms with Crippen LogP contribution in [0.4, 0.5) is 17.5 Å². The number of fused-ring (bicyclic) bond motifs is 1. The highest BCUT2D eigenvalue weighted by molar-refractivity contribution is 7.91. The van der Waals surface area contributed by atoms with E-state index in [2.05, 4.69) is 38.4 Å². The van der Waals surface area contributed by atoms with Gasteiger partial charge in [0.15, 0.2) is 9.84 Å². The number of benzene rings is 1. The summed E-state index contributed by atoms with van der Waals surface area (Å²) in [5, 5.41) is 3.28. The zero-order valence-electron chi connectivity index (χ0n) is 14.3. The van der Waals surface area contributed by atoms with Crippen molar-refractivity contribution in [3.63, 3.8) is 0 Å². The minimum Gasteiger partial charge on any atom is -0.366 e. The molecule has 132 valence electrons. The van der Waals surface area contributed by atoms with Crippen LogP contribution in [0, 0.1) is 6.92 Å². The van der Waals surface area contributed by atoms with Crippen molar-refractivity contribution >= 4 is 27.3 Å². The molecule has 2 aromatic rings. The first kappa shape index (κ1) is 16.3. The lowest BCUT2D eigenvalue weighted by molar-refractivity contribution is 0.602. The topological polar surface area (TPSA) is 75.2 Å². The molecule has 1 aromatic heterocycles. The van der Waals surface area contributed by atoms with E-state index in [4.69, 9.17) is 0 Å². The third-order valence-electron chi connectivity index (χ3n) is 4.78. The Morgan fingerprint density at radius 1 is 1.24 bits per heavy atom. The number of aryl methyl sites for hydroxylation is 2. The van der Waals surface area contributed by atoms with Gasteiger partial charge in [0, 0.05) is 30.0 Å². The molecule has 1 saturated heterocycles. The van der Waals surface area contributed by atoms with Gasteiger partial charge in [0.2, 0.25) is 5.95 Å². The van der Waals surface area contributed by atoms with Crippen LogP contribution < -0.4 is 10.2 Å². The van der Waals surface area contributed by atoms with Crippen LogP contribution in [0.15, 0.2) is 30.3 Å². The summed E-state index contributed by atoms with van der Waals surface area (Å²) in [5.74, 6) is 1.81. The van der Waals surface area contributed by atoms with E-state index in [1.165, 1.54) is 5.56 Å². The predicted octanol–water partition coefficient (Wildman–Crippen LogP) is 2.47. The van der Waals surface area contributed by atoms with E-state index in [1.54, 1.807) is 0 Å². The van der Waals surface area contributed by atoms with Crippen molar-refractivity contribution in [2.45, 2.75) is 32.2 Å². The molecule has 2 aliphatic rings. The maximum absolute atomic E-state index is 11.7. The Balaban J connectivity index is 1.63. The van der Waals surface area contributed by atoms with Gasteiger partial charge in [-0.3, -0.25) is 0 Å². The van der Waals surface area contributed by atoms with Gasteiger partial charge in [0.25, 0.3) is 0 Å². The standard InChI is InChI=1S/C18H22N4O2S/c1-13-11-17(20-15-8-10-25(23,24)12-15)21-18(19-13)22-9-4-6-14-5-2-3-7-16(14)22/h2-3,5,7,11,15H,4,6,8-10,12H2,1H3,(H,19,20,21). The van der Waals surface area contributed by atoms with Crippen LogP contribution in [0.1, 0.15) is 24.1 Å². The van der Waals surface area contributed by atoms with Crippen LogP contribution >= 0.6 is 0 Å². The van der Waals surface area contributed by atoms with Crippen LogP contribution in [0.5, 0.6) is 0 Å². The molecule has 1 atom stereocenters. The molecule has 0 saturated carbocycles. The maximum Gasteiger partial charge on any atom is 0.232 e. The molecule has 2 aliphatic heterocycles. The Bertz CT molecular complexity index is 898. The van der Waals surface area contributed by atoms with Gasteiger partial charge in [-0.15, -0.1) is 0 Å². The second kappa shape index (κ2) is 6.29. The normalized spacial score (nSPS) is 21.8. The van der Waals surface area contributed by atoms with Gasteiger partial charge in [-0.2, -0.15) is 4.98 Å². The Labute approximate surface area is 148 Å². The summed E-state index contributed by atoms with van der Waals surface area (Å²) in [6.45, 7) is 2.83. The molecule has 6 nitrogen and oxygen atoms in total. The van der Waals surface area contributed by atoms with Gasteiger partial charge < -0.3 is 10.2 Å². The average Bonchev–Trinajstić information content (AvgIpc) is 2.92. The van der Waals surface area contributed by atoms with Crippen LogP contribution in [0.2, 0.25) is 0 Å². The predicted molar refractivity (Wildman–Crippen MR) is 99.2 cm³/mol. The number of hydrogen-bond acceptors (Lipinski definition) is 6. The van der Waals surface area contributed by atoms with Crippen molar-refractivity contribution in [1.29, 1.82) is 0 Å². The first-order valence-electron chi connectivity index (χ1n) is 8.68. The minimum atomic E-state index is -2.91. The van der Waals surface area contributed by atoms with Gasteiger partial charge in [-0.05, 0) is 37.8 Å². The fourth-order valence-corrected chi connectivity index (χ4v) is 5.28. The van der Waals surface area contributed by atoms with Crippen LogP contribution in [0.3, 0.4) is 0 Å². The average molecular weight is 358 g/mol. The molecule has 0 spiro atoms. The van der Waals surface area contributed by atoms with Crippen molar-refractivity contribution in [1.82, 2.24) is 9.97 Å². The van der Waals surface area contributed by atoms with Crippen LogP contribution in [-0.2, 0) is 16.3 Å². The molecule has 1 aromatic carbocycles. The first-order chi connectivity index (χ1) is 12.0. The van der Waals surface area contributed by atoms with Crippen LogP contribution in [0.25, 0.3) is 0 Å². The first-order valence-corrected chi connectivity index (χ1v) is 10.5. The number of hydrogen-bond donors (Lipinski definition) is 1. The SMILES string of the molecule is Cc1cc(NC2CCS(=O)(=O)C2)nc(N2CCCc3ccccc32)n1. The highest BCUT2D eigenvalue weighted by atomic mass is 32.2. The molecular weight excluding hydrogens is 336 g/mol. The van der Waals surface area contributed by atoms with Gasteiger partial charge >= 0.3 is 0 Å². The number of nitrogens with zero attached hydrogens (tertiary/aromatic N) is 3. The summed E-state index contributed by atoms with van der Waals surface area (Å²) in [6, 6.07) is 10.2. The summed E-state index contributed by atoms with van der Waals surface area (Å²) in [6.07, 6.45) is 2.77. The lowest BCUT2D eigenvalue weighted by Gasteiger charge is -2.30. The number of para-hydroxylation sites is 1. The van der Waals surface area contributed by atoms with E-state index in [0.29, 0.717) is 18.2 Å². The van der Waals surface area contributed by atoms with Crippen molar-refractivity contribution in [2.75, 3.05) is 28.3 Å². The van der Waals surface area contributed by atoms with E-state index in [0.717, 1.165) is 30.8 Å². The van der Waals surface area contributed by atoms with E-state index in [-0.39, 0.29) is 17.5 Å². The highest BCUT2D eigenvalue weighted by Crippen LogP contribution is 2.32. The Morgan fingerprint density at radius 2 is 2.08 bits per heavy atom. The number of anilines is 3. The van der Waals surface area contributed by atoms with Crippen LogP contribution in [-0.4, -0.2) is 42.5 Å². The third-order valence-corrected chi connectivity index (χ3v) is 6.55. The molecule has 1 N–H and O–H groups in total. The Hall–Kier alpha value is -2.15. The maximum atomic E-state index is 11.7. The van der Waals surface area contributed by atoms with E-state index in [1.807, 2.05) is 19.1 Å². The van der Waals surface area contributed by atoms with E-state index >= 15 is 0 Å². The second-order valence-electron chi connectivity index (χ2n) is 6.82. The smallest absolute Gasteiger partial charge is 0.232 e. The molecule has 1 unspecified atom stereocenters. The zero-order chi connectivity index (χ0) is 17.4. The molecule has 3 heterocycles. The Kier molecular flexibility index (Phi) is 4.11. The van der Waals surface area contributed by atoms with Crippen molar-refractivity contribution in [3.05, 3.63) is 41.6 Å². The molecule has 7 heteroatoms. The molecule has 25 heavy (non-hydrogen) atoms. The molecule has 0 aliphatic carbocycles. The molecule has 1 fully saturated rings. The van der Waals surface area contributed by atoms with E-state index < -0.39 is 9.84 Å². The summed E-state index contributed by atoms with van der Waals surface area (Å²) >= 11 is 0. The molecule has 0 radical (unpaired) electrons. The monoisotopic (exact) mass is 358 g/mol. The summed E-state index contributed by atoms with van der Waals surface area (Å²) in [7, 11) is -2.91. The lowest BCUT2D eigenvalue weighted by atomic mass is 10.0. The fourth-order valence-electron chi connectivity index (χ4n) is 3.61. The van der Waals surface area contributed by atoms with Crippen molar-refractivity contribution in [2.24, 2.45) is 0 Å². The summed E-state index contributed by atoms with van der Waals surface area (Å²) in [5.41, 5.74) is 3.35. The quantitative estimate of drug-likeness (QED) is 0.908. The van der Waals surface area contributed by atoms with Crippen molar-refractivity contribution in [3.8, 4) is 0 Å². The summed E-state index contributed by atoms with van der Waals surface area (Å²) in [4.78, 5) is 11.4. The second-order valence-corrected chi connectivity index (χ2v) is 9.05. The minimum absolute atomic E-state index is 0.0687. The Morgan fingerprint density at radius 3 is 2.88 bits per heavy atom. The molecule has 0 amide bonds.